The van der Waals surface area contributed by atoms with Crippen molar-refractivity contribution in [3.8, 4) is 0 Å². The van der Waals surface area contributed by atoms with E-state index in [1.54, 1.807) is 29.2 Å². The summed E-state index contributed by atoms with van der Waals surface area (Å²) in [6, 6.07) is 17.1. The Kier molecular flexibility index (Phi) is 5.81. The minimum Gasteiger partial charge on any atom is -0.339 e. The average Bonchev–Trinajstić information content (AvgIpc) is 2.69. The SMILES string of the molecule is CCN(CC)C(=O)c1ccc(NC(=O)C[n+]2ccc3ccccc3c2)cc1. The molecule has 1 heterocycles. The fourth-order valence-corrected chi connectivity index (χ4v) is 3.03. The number of fused-ring (bicyclic) bond motifs is 1. The van der Waals surface area contributed by atoms with E-state index >= 15 is 0 Å². The van der Waals surface area contributed by atoms with Gasteiger partial charge in [0.2, 0.25) is 6.54 Å². The van der Waals surface area contributed by atoms with Crippen LogP contribution in [0.4, 0.5) is 5.69 Å². The summed E-state index contributed by atoms with van der Waals surface area (Å²) in [5.74, 6) is -0.109. The van der Waals surface area contributed by atoms with Crippen molar-refractivity contribution < 1.29 is 14.2 Å². The van der Waals surface area contributed by atoms with Crippen molar-refractivity contribution >= 4 is 28.3 Å². The van der Waals surface area contributed by atoms with Gasteiger partial charge in [0.15, 0.2) is 12.4 Å². The van der Waals surface area contributed by atoms with E-state index in [2.05, 4.69) is 5.32 Å². The minimum atomic E-state index is -0.113. The van der Waals surface area contributed by atoms with Crippen LogP contribution < -0.4 is 9.88 Å². The van der Waals surface area contributed by atoms with Crippen molar-refractivity contribution in [2.24, 2.45) is 0 Å². The molecule has 0 fully saturated rings. The molecule has 0 atom stereocenters. The number of rotatable bonds is 6. The highest BCUT2D eigenvalue weighted by Gasteiger charge is 2.13. The van der Waals surface area contributed by atoms with Crippen LogP contribution in [0.2, 0.25) is 0 Å². The molecule has 2 aromatic carbocycles. The Bertz CT molecular complexity index is 947. The fraction of sp³-hybridized carbons (Fsp3) is 0.227. The summed E-state index contributed by atoms with van der Waals surface area (Å²) in [7, 11) is 0. The monoisotopic (exact) mass is 362 g/mol. The van der Waals surface area contributed by atoms with E-state index in [0.717, 1.165) is 10.8 Å². The van der Waals surface area contributed by atoms with E-state index < -0.39 is 0 Å². The molecule has 2 amide bonds. The van der Waals surface area contributed by atoms with Gasteiger partial charge in [-0.05, 0) is 49.6 Å². The molecular formula is C22H24N3O2+. The van der Waals surface area contributed by atoms with E-state index in [1.807, 2.05) is 61.1 Å². The summed E-state index contributed by atoms with van der Waals surface area (Å²) >= 11 is 0. The van der Waals surface area contributed by atoms with Crippen LogP contribution in [0.3, 0.4) is 0 Å². The molecule has 0 saturated heterocycles. The Morgan fingerprint density at radius 3 is 2.26 bits per heavy atom. The second-order valence-corrected chi connectivity index (χ2v) is 6.35. The van der Waals surface area contributed by atoms with Crippen LogP contribution in [0.1, 0.15) is 24.2 Å². The van der Waals surface area contributed by atoms with Crippen molar-refractivity contribution in [3.05, 3.63) is 72.6 Å². The molecule has 1 aromatic heterocycles. The molecule has 0 bridgehead atoms. The van der Waals surface area contributed by atoms with Crippen LogP contribution in [0.25, 0.3) is 10.8 Å². The third-order valence-electron chi connectivity index (χ3n) is 4.54. The Morgan fingerprint density at radius 1 is 0.926 bits per heavy atom. The predicted molar refractivity (Wildman–Crippen MR) is 106 cm³/mol. The van der Waals surface area contributed by atoms with Crippen molar-refractivity contribution in [2.75, 3.05) is 18.4 Å². The largest absolute Gasteiger partial charge is 0.339 e. The number of aromatic nitrogens is 1. The smallest absolute Gasteiger partial charge is 0.290 e. The van der Waals surface area contributed by atoms with Crippen LogP contribution >= 0.6 is 0 Å². The maximum absolute atomic E-state index is 12.3. The molecule has 1 N–H and O–H groups in total. The number of anilines is 1. The molecule has 0 spiro atoms. The maximum atomic E-state index is 12.3. The number of benzene rings is 2. The molecule has 0 radical (unpaired) electrons. The average molecular weight is 362 g/mol. The molecule has 27 heavy (non-hydrogen) atoms. The van der Waals surface area contributed by atoms with Gasteiger partial charge in [-0.1, -0.05) is 18.2 Å². The quantitative estimate of drug-likeness (QED) is 0.685. The Labute approximate surface area is 159 Å². The number of nitrogens with one attached hydrogen (secondary N) is 1. The minimum absolute atomic E-state index is 0.00426. The van der Waals surface area contributed by atoms with Crippen LogP contribution in [0.5, 0.6) is 0 Å². The molecule has 0 aliphatic heterocycles. The highest BCUT2D eigenvalue weighted by atomic mass is 16.2. The lowest BCUT2D eigenvalue weighted by atomic mass is 10.1. The number of pyridine rings is 1. The first-order valence-electron chi connectivity index (χ1n) is 9.17. The molecule has 0 unspecified atom stereocenters. The number of nitrogens with zero attached hydrogens (tertiary/aromatic N) is 2. The van der Waals surface area contributed by atoms with Gasteiger partial charge in [0, 0.05) is 35.8 Å². The number of carbonyl (C=O) groups excluding carboxylic acids is 2. The van der Waals surface area contributed by atoms with Gasteiger partial charge in [0.25, 0.3) is 11.8 Å². The van der Waals surface area contributed by atoms with Crippen molar-refractivity contribution in [1.82, 2.24) is 4.90 Å². The lowest BCUT2D eigenvalue weighted by molar-refractivity contribution is -0.682. The van der Waals surface area contributed by atoms with E-state index in [4.69, 9.17) is 0 Å². The second kappa shape index (κ2) is 8.45. The van der Waals surface area contributed by atoms with Gasteiger partial charge in [-0.3, -0.25) is 9.59 Å². The van der Waals surface area contributed by atoms with Crippen LogP contribution in [0, 0.1) is 0 Å². The van der Waals surface area contributed by atoms with Gasteiger partial charge in [-0.15, -0.1) is 0 Å². The highest BCUT2D eigenvalue weighted by Crippen LogP contribution is 2.12. The topological polar surface area (TPSA) is 53.3 Å². The van der Waals surface area contributed by atoms with Crippen LogP contribution in [0.15, 0.2) is 67.0 Å². The molecule has 0 aliphatic carbocycles. The summed E-state index contributed by atoms with van der Waals surface area (Å²) in [6.07, 6.45) is 3.86. The molecule has 3 rings (SSSR count). The summed E-state index contributed by atoms with van der Waals surface area (Å²) in [5.41, 5.74) is 1.30. The zero-order chi connectivity index (χ0) is 19.2. The first-order chi connectivity index (χ1) is 13.1. The number of hydrogen-bond donors (Lipinski definition) is 1. The van der Waals surface area contributed by atoms with E-state index in [9.17, 15) is 9.59 Å². The van der Waals surface area contributed by atoms with E-state index in [1.165, 1.54) is 0 Å². The summed E-state index contributed by atoms with van der Waals surface area (Å²) in [6.45, 7) is 5.50. The zero-order valence-electron chi connectivity index (χ0n) is 15.7. The molecule has 0 saturated carbocycles. The Hall–Kier alpha value is -3.21. The normalized spacial score (nSPS) is 10.6. The van der Waals surface area contributed by atoms with Gasteiger partial charge < -0.3 is 10.2 Å². The lowest BCUT2D eigenvalue weighted by Crippen LogP contribution is -2.39. The van der Waals surface area contributed by atoms with Crippen molar-refractivity contribution in [2.45, 2.75) is 20.4 Å². The number of carbonyl (C=O) groups is 2. The Balaban J connectivity index is 1.64. The molecule has 5 nitrogen and oxygen atoms in total. The van der Waals surface area contributed by atoms with Gasteiger partial charge in [0.1, 0.15) is 0 Å². The van der Waals surface area contributed by atoms with Crippen molar-refractivity contribution in [1.29, 1.82) is 0 Å². The first-order valence-corrected chi connectivity index (χ1v) is 9.17. The predicted octanol–water partition coefficient (Wildman–Crippen LogP) is 3.25. The van der Waals surface area contributed by atoms with E-state index in [-0.39, 0.29) is 18.4 Å². The molecule has 3 aromatic rings. The maximum Gasteiger partial charge on any atom is 0.290 e. The van der Waals surface area contributed by atoms with Gasteiger partial charge in [0.05, 0.1) is 0 Å². The zero-order valence-corrected chi connectivity index (χ0v) is 15.7. The van der Waals surface area contributed by atoms with Crippen LogP contribution in [-0.4, -0.2) is 29.8 Å². The molecule has 5 heteroatoms. The second-order valence-electron chi connectivity index (χ2n) is 6.35. The summed E-state index contributed by atoms with van der Waals surface area (Å²) in [5, 5.41) is 5.11. The molecule has 138 valence electrons. The van der Waals surface area contributed by atoms with Gasteiger partial charge >= 0.3 is 0 Å². The van der Waals surface area contributed by atoms with Gasteiger partial charge in [-0.2, -0.15) is 4.57 Å². The molecular weight excluding hydrogens is 338 g/mol. The highest BCUT2D eigenvalue weighted by molar-refractivity contribution is 5.95. The number of hydrogen-bond acceptors (Lipinski definition) is 2. The third-order valence-corrected chi connectivity index (χ3v) is 4.54. The Morgan fingerprint density at radius 2 is 1.59 bits per heavy atom. The van der Waals surface area contributed by atoms with Crippen LogP contribution in [-0.2, 0) is 11.3 Å². The van der Waals surface area contributed by atoms with Crippen molar-refractivity contribution in [3.63, 3.8) is 0 Å². The first kappa shape index (κ1) is 18.6. The summed E-state index contributed by atoms with van der Waals surface area (Å²) < 4.78 is 1.86. The third kappa shape index (κ3) is 4.50. The molecule has 0 aliphatic rings. The number of amides is 2. The fourth-order valence-electron chi connectivity index (χ4n) is 3.03. The lowest BCUT2D eigenvalue weighted by Gasteiger charge is -2.18. The van der Waals surface area contributed by atoms with Gasteiger partial charge in [-0.25, -0.2) is 0 Å². The standard InChI is InChI=1S/C22H23N3O2/c1-3-25(4-2)22(27)18-9-11-20(12-10-18)23-21(26)16-24-14-13-17-7-5-6-8-19(17)15-24/h5-15H,3-4,16H2,1-2H3/p+1. The van der Waals surface area contributed by atoms with E-state index in [0.29, 0.717) is 24.3 Å². The summed E-state index contributed by atoms with van der Waals surface area (Å²) in [4.78, 5) is 26.4.